The van der Waals surface area contributed by atoms with E-state index in [1.54, 1.807) is 15.9 Å². The zero-order valence-corrected chi connectivity index (χ0v) is 15.2. The maximum Gasteiger partial charge on any atom is 0.255 e. The van der Waals surface area contributed by atoms with E-state index in [-0.39, 0.29) is 11.8 Å². The standard InChI is InChI=1S/C19H20N2O4S/c22-18(20-4-7-24-8-5-20)14-1-2-17-16(11-14)12-21(6-9-25-17)19(23)15-3-10-26-13-15/h1-3,10-11,13H,4-9,12H2. The SMILES string of the molecule is O=C(c1ccc2c(c1)CN(C(=O)c1ccsc1)CCO2)N1CCOCC1. The quantitative estimate of drug-likeness (QED) is 0.811. The predicted molar refractivity (Wildman–Crippen MR) is 97.7 cm³/mol. The van der Waals surface area contributed by atoms with E-state index in [2.05, 4.69) is 0 Å². The molecule has 1 aromatic carbocycles. The fourth-order valence-corrected chi connectivity index (χ4v) is 3.85. The summed E-state index contributed by atoms with van der Waals surface area (Å²) in [5.41, 5.74) is 2.18. The van der Waals surface area contributed by atoms with E-state index in [1.807, 2.05) is 29.0 Å². The first-order chi connectivity index (χ1) is 12.7. The largest absolute Gasteiger partial charge is 0.491 e. The van der Waals surface area contributed by atoms with Crippen molar-refractivity contribution in [2.24, 2.45) is 0 Å². The van der Waals surface area contributed by atoms with Crippen molar-refractivity contribution in [1.82, 2.24) is 9.80 Å². The Morgan fingerprint density at radius 1 is 0.923 bits per heavy atom. The zero-order chi connectivity index (χ0) is 17.9. The van der Waals surface area contributed by atoms with Crippen molar-refractivity contribution < 1.29 is 19.1 Å². The van der Waals surface area contributed by atoms with Gasteiger partial charge >= 0.3 is 0 Å². The fraction of sp³-hybridized carbons (Fsp3) is 0.368. The van der Waals surface area contributed by atoms with Crippen LogP contribution in [0.5, 0.6) is 5.75 Å². The topological polar surface area (TPSA) is 59.1 Å². The molecule has 2 aromatic rings. The third-order valence-electron chi connectivity index (χ3n) is 4.64. The summed E-state index contributed by atoms with van der Waals surface area (Å²) in [6.07, 6.45) is 0. The number of fused-ring (bicyclic) bond motifs is 1. The number of ether oxygens (including phenoxy) is 2. The number of hydrogen-bond donors (Lipinski definition) is 0. The predicted octanol–water partition coefficient (Wildman–Crippen LogP) is 2.26. The third kappa shape index (κ3) is 3.45. The van der Waals surface area contributed by atoms with E-state index >= 15 is 0 Å². The van der Waals surface area contributed by atoms with Crippen LogP contribution in [0.4, 0.5) is 0 Å². The smallest absolute Gasteiger partial charge is 0.255 e. The molecule has 1 aromatic heterocycles. The second kappa shape index (κ2) is 7.47. The van der Waals surface area contributed by atoms with E-state index in [0.29, 0.717) is 57.1 Å². The van der Waals surface area contributed by atoms with E-state index in [1.165, 1.54) is 11.3 Å². The first-order valence-corrected chi connectivity index (χ1v) is 9.61. The Bertz CT molecular complexity index is 800. The Labute approximate surface area is 155 Å². The zero-order valence-electron chi connectivity index (χ0n) is 14.3. The third-order valence-corrected chi connectivity index (χ3v) is 5.32. The Hall–Kier alpha value is -2.38. The number of amides is 2. The molecule has 0 N–H and O–H groups in total. The Kier molecular flexibility index (Phi) is 4.90. The lowest BCUT2D eigenvalue weighted by Crippen LogP contribution is -2.40. The highest BCUT2D eigenvalue weighted by molar-refractivity contribution is 7.08. The second-order valence-corrected chi connectivity index (χ2v) is 7.09. The van der Waals surface area contributed by atoms with Gasteiger partial charge in [0.1, 0.15) is 12.4 Å². The molecule has 0 saturated carbocycles. The van der Waals surface area contributed by atoms with Crippen LogP contribution in [-0.2, 0) is 11.3 Å². The number of carbonyl (C=O) groups excluding carboxylic acids is 2. The first kappa shape index (κ1) is 17.1. The summed E-state index contributed by atoms with van der Waals surface area (Å²) in [6, 6.07) is 7.32. The van der Waals surface area contributed by atoms with Gasteiger partial charge in [0, 0.05) is 36.1 Å². The second-order valence-electron chi connectivity index (χ2n) is 6.31. The summed E-state index contributed by atoms with van der Waals surface area (Å²) in [7, 11) is 0. The van der Waals surface area contributed by atoms with Gasteiger partial charge in [-0.15, -0.1) is 0 Å². The van der Waals surface area contributed by atoms with Gasteiger partial charge in [0.2, 0.25) is 0 Å². The van der Waals surface area contributed by atoms with Crippen LogP contribution >= 0.6 is 11.3 Å². The van der Waals surface area contributed by atoms with Crippen LogP contribution < -0.4 is 4.74 Å². The number of carbonyl (C=O) groups is 2. The molecule has 2 amide bonds. The van der Waals surface area contributed by atoms with Gasteiger partial charge in [-0.25, -0.2) is 0 Å². The molecule has 0 radical (unpaired) electrons. The molecule has 0 spiro atoms. The van der Waals surface area contributed by atoms with Gasteiger partial charge in [-0.1, -0.05) is 0 Å². The van der Waals surface area contributed by atoms with E-state index < -0.39 is 0 Å². The van der Waals surface area contributed by atoms with E-state index in [0.717, 1.165) is 11.3 Å². The monoisotopic (exact) mass is 372 g/mol. The maximum absolute atomic E-state index is 12.7. The molecule has 136 valence electrons. The van der Waals surface area contributed by atoms with Gasteiger partial charge in [-0.2, -0.15) is 11.3 Å². The number of morpholine rings is 1. The highest BCUT2D eigenvalue weighted by Crippen LogP contribution is 2.26. The number of hydrogen-bond acceptors (Lipinski definition) is 5. The van der Waals surface area contributed by atoms with Crippen LogP contribution in [0.25, 0.3) is 0 Å². The van der Waals surface area contributed by atoms with Crippen LogP contribution in [-0.4, -0.2) is 61.1 Å². The summed E-state index contributed by atoms with van der Waals surface area (Å²) in [5, 5.41) is 3.75. The van der Waals surface area contributed by atoms with Gasteiger partial charge in [0.05, 0.1) is 25.3 Å². The highest BCUT2D eigenvalue weighted by atomic mass is 32.1. The maximum atomic E-state index is 12.7. The van der Waals surface area contributed by atoms with Crippen molar-refractivity contribution in [3.05, 3.63) is 51.7 Å². The van der Waals surface area contributed by atoms with Crippen LogP contribution in [0.3, 0.4) is 0 Å². The van der Waals surface area contributed by atoms with Crippen molar-refractivity contribution in [3.63, 3.8) is 0 Å². The number of nitrogens with zero attached hydrogens (tertiary/aromatic N) is 2. The van der Waals surface area contributed by atoms with Gasteiger partial charge in [0.25, 0.3) is 11.8 Å². The van der Waals surface area contributed by atoms with Crippen molar-refractivity contribution >= 4 is 23.2 Å². The average molecular weight is 372 g/mol. The average Bonchev–Trinajstić information content (AvgIpc) is 3.14. The summed E-state index contributed by atoms with van der Waals surface area (Å²) in [4.78, 5) is 29.0. The molecule has 0 unspecified atom stereocenters. The minimum Gasteiger partial charge on any atom is -0.491 e. The lowest BCUT2D eigenvalue weighted by atomic mass is 10.1. The lowest BCUT2D eigenvalue weighted by Gasteiger charge is -2.27. The van der Waals surface area contributed by atoms with Crippen molar-refractivity contribution in [3.8, 4) is 5.75 Å². The fourth-order valence-electron chi connectivity index (χ4n) is 3.22. The molecule has 0 aliphatic carbocycles. The molecule has 1 saturated heterocycles. The van der Waals surface area contributed by atoms with E-state index in [9.17, 15) is 9.59 Å². The normalized spacial score (nSPS) is 17.2. The molecule has 4 rings (SSSR count). The summed E-state index contributed by atoms with van der Waals surface area (Å²) >= 11 is 1.51. The molecule has 2 aliphatic rings. The molecule has 7 heteroatoms. The molecule has 6 nitrogen and oxygen atoms in total. The van der Waals surface area contributed by atoms with Gasteiger partial charge in [0.15, 0.2) is 0 Å². The van der Waals surface area contributed by atoms with Crippen molar-refractivity contribution in [2.45, 2.75) is 6.54 Å². The molecule has 0 bridgehead atoms. The molecule has 1 fully saturated rings. The molecular weight excluding hydrogens is 352 g/mol. The minimum atomic E-state index is -0.00684. The summed E-state index contributed by atoms with van der Waals surface area (Å²) in [5.74, 6) is 0.729. The molecule has 0 atom stereocenters. The van der Waals surface area contributed by atoms with Crippen LogP contribution in [0.15, 0.2) is 35.0 Å². The lowest BCUT2D eigenvalue weighted by molar-refractivity contribution is 0.0303. The summed E-state index contributed by atoms with van der Waals surface area (Å²) < 4.78 is 11.1. The Balaban J connectivity index is 1.56. The Morgan fingerprint density at radius 3 is 2.46 bits per heavy atom. The molecular formula is C19H20N2O4S. The van der Waals surface area contributed by atoms with Crippen LogP contribution in [0.1, 0.15) is 26.3 Å². The van der Waals surface area contributed by atoms with Gasteiger partial charge in [-0.3, -0.25) is 9.59 Å². The summed E-state index contributed by atoms with van der Waals surface area (Å²) in [6.45, 7) is 3.76. The van der Waals surface area contributed by atoms with Crippen molar-refractivity contribution in [1.29, 1.82) is 0 Å². The number of thiophene rings is 1. The number of rotatable bonds is 2. The Morgan fingerprint density at radius 2 is 1.69 bits per heavy atom. The van der Waals surface area contributed by atoms with Gasteiger partial charge < -0.3 is 19.3 Å². The molecule has 26 heavy (non-hydrogen) atoms. The van der Waals surface area contributed by atoms with Crippen molar-refractivity contribution in [2.75, 3.05) is 39.5 Å². The van der Waals surface area contributed by atoms with Gasteiger partial charge in [-0.05, 0) is 29.6 Å². The minimum absolute atomic E-state index is 0.00365. The molecule has 2 aliphatic heterocycles. The highest BCUT2D eigenvalue weighted by Gasteiger charge is 2.24. The molecule has 3 heterocycles. The number of benzene rings is 1. The first-order valence-electron chi connectivity index (χ1n) is 8.66. The van der Waals surface area contributed by atoms with E-state index in [4.69, 9.17) is 9.47 Å². The van der Waals surface area contributed by atoms with Crippen LogP contribution in [0, 0.1) is 0 Å². The van der Waals surface area contributed by atoms with Crippen LogP contribution in [0.2, 0.25) is 0 Å².